The molecule has 1 aliphatic heterocycles. The molecule has 1 saturated carbocycles. The van der Waals surface area contributed by atoms with Crippen molar-refractivity contribution in [2.75, 3.05) is 50.1 Å². The number of aromatic nitrogens is 2. The fourth-order valence-electron chi connectivity index (χ4n) is 3.87. The van der Waals surface area contributed by atoms with E-state index in [0.29, 0.717) is 5.91 Å². The summed E-state index contributed by atoms with van der Waals surface area (Å²) in [6.45, 7) is 3.26. The highest BCUT2D eigenvalue weighted by molar-refractivity contribution is 5.76. The maximum absolute atomic E-state index is 12.5. The van der Waals surface area contributed by atoms with E-state index < -0.39 is 0 Å². The van der Waals surface area contributed by atoms with Gasteiger partial charge in [-0.05, 0) is 24.5 Å². The van der Waals surface area contributed by atoms with Crippen LogP contribution >= 0.6 is 0 Å². The van der Waals surface area contributed by atoms with Gasteiger partial charge in [0.15, 0.2) is 11.6 Å². The second-order valence-electron chi connectivity index (χ2n) is 7.55. The molecular weight excluding hydrogens is 314 g/mol. The van der Waals surface area contributed by atoms with E-state index in [1.165, 1.54) is 32.1 Å². The van der Waals surface area contributed by atoms with Crippen LogP contribution in [0, 0.1) is 5.92 Å². The second-order valence-corrected chi connectivity index (χ2v) is 7.55. The van der Waals surface area contributed by atoms with Crippen molar-refractivity contribution in [2.45, 2.75) is 44.9 Å². The Balaban J connectivity index is 1.43. The van der Waals surface area contributed by atoms with Crippen LogP contribution in [0.25, 0.3) is 0 Å². The molecular formula is C19H31N5O. The summed E-state index contributed by atoms with van der Waals surface area (Å²) in [6, 6.07) is 4.01. The molecule has 1 amide bonds. The van der Waals surface area contributed by atoms with Crippen LogP contribution in [0.15, 0.2) is 12.1 Å². The average molecular weight is 345 g/mol. The van der Waals surface area contributed by atoms with Crippen LogP contribution in [-0.4, -0.2) is 61.3 Å². The van der Waals surface area contributed by atoms with E-state index in [4.69, 9.17) is 0 Å². The largest absolute Gasteiger partial charge is 0.361 e. The Hall–Kier alpha value is -1.85. The predicted octanol–water partition coefficient (Wildman–Crippen LogP) is 2.55. The number of nitrogens with zero attached hydrogens (tertiary/aromatic N) is 5. The first-order valence-electron chi connectivity index (χ1n) is 9.67. The van der Waals surface area contributed by atoms with Crippen molar-refractivity contribution in [1.29, 1.82) is 0 Å². The second kappa shape index (κ2) is 8.50. The van der Waals surface area contributed by atoms with Gasteiger partial charge in [0.25, 0.3) is 0 Å². The molecule has 6 nitrogen and oxygen atoms in total. The third kappa shape index (κ3) is 4.83. The van der Waals surface area contributed by atoms with Crippen LogP contribution < -0.4 is 9.80 Å². The van der Waals surface area contributed by atoms with Gasteiger partial charge in [0, 0.05) is 46.7 Å². The molecule has 1 aromatic rings. The molecule has 0 aromatic carbocycles. The maximum Gasteiger partial charge on any atom is 0.222 e. The fourth-order valence-corrected chi connectivity index (χ4v) is 3.87. The van der Waals surface area contributed by atoms with Gasteiger partial charge in [-0.15, -0.1) is 10.2 Å². The lowest BCUT2D eigenvalue weighted by atomic mass is 9.86. The van der Waals surface area contributed by atoms with Gasteiger partial charge >= 0.3 is 0 Å². The van der Waals surface area contributed by atoms with Crippen molar-refractivity contribution in [3.05, 3.63) is 12.1 Å². The molecule has 1 saturated heterocycles. The molecule has 138 valence electrons. The minimum Gasteiger partial charge on any atom is -0.361 e. The zero-order valence-electron chi connectivity index (χ0n) is 15.7. The predicted molar refractivity (Wildman–Crippen MR) is 101 cm³/mol. The molecule has 0 radical (unpaired) electrons. The van der Waals surface area contributed by atoms with Crippen LogP contribution in [0.3, 0.4) is 0 Å². The highest BCUT2D eigenvalue weighted by Crippen LogP contribution is 2.27. The van der Waals surface area contributed by atoms with Crippen molar-refractivity contribution in [3.8, 4) is 0 Å². The Bertz CT molecular complexity index is 545. The summed E-state index contributed by atoms with van der Waals surface area (Å²) in [4.78, 5) is 18.7. The van der Waals surface area contributed by atoms with Crippen LogP contribution in [-0.2, 0) is 4.79 Å². The molecule has 1 aliphatic carbocycles. The molecule has 0 bridgehead atoms. The highest BCUT2D eigenvalue weighted by Gasteiger charge is 2.23. The molecule has 25 heavy (non-hydrogen) atoms. The van der Waals surface area contributed by atoms with Crippen molar-refractivity contribution in [3.63, 3.8) is 0 Å². The molecule has 2 fully saturated rings. The van der Waals surface area contributed by atoms with E-state index >= 15 is 0 Å². The number of carbonyl (C=O) groups is 1. The number of piperazine rings is 1. The molecule has 2 aliphatic rings. The lowest BCUT2D eigenvalue weighted by molar-refractivity contribution is -0.131. The van der Waals surface area contributed by atoms with Gasteiger partial charge in [0.1, 0.15) is 0 Å². The zero-order valence-corrected chi connectivity index (χ0v) is 15.7. The summed E-state index contributed by atoms with van der Waals surface area (Å²) >= 11 is 0. The molecule has 6 heteroatoms. The Kier molecular flexibility index (Phi) is 6.10. The molecule has 3 rings (SSSR count). The Morgan fingerprint density at radius 3 is 2.40 bits per heavy atom. The normalized spacial score (nSPS) is 19.1. The topological polar surface area (TPSA) is 52.6 Å². The smallest absolute Gasteiger partial charge is 0.222 e. The first-order chi connectivity index (χ1) is 12.1. The lowest BCUT2D eigenvalue weighted by Gasteiger charge is -2.35. The van der Waals surface area contributed by atoms with Gasteiger partial charge in [-0.2, -0.15) is 0 Å². The van der Waals surface area contributed by atoms with Gasteiger partial charge in [-0.3, -0.25) is 4.79 Å². The SMILES string of the molecule is CN(C)c1ccc(N2CCN(C(=O)CCC3CCCCC3)CC2)nn1. The third-order valence-corrected chi connectivity index (χ3v) is 5.54. The lowest BCUT2D eigenvalue weighted by Crippen LogP contribution is -2.49. The third-order valence-electron chi connectivity index (χ3n) is 5.54. The monoisotopic (exact) mass is 345 g/mol. The number of rotatable bonds is 5. The molecule has 2 heterocycles. The quantitative estimate of drug-likeness (QED) is 0.821. The highest BCUT2D eigenvalue weighted by atomic mass is 16.2. The first-order valence-corrected chi connectivity index (χ1v) is 9.67. The summed E-state index contributed by atoms with van der Waals surface area (Å²) in [6.07, 6.45) is 8.53. The summed E-state index contributed by atoms with van der Waals surface area (Å²) in [5.41, 5.74) is 0. The molecule has 0 N–H and O–H groups in total. The van der Waals surface area contributed by atoms with Crippen molar-refractivity contribution >= 4 is 17.5 Å². The summed E-state index contributed by atoms with van der Waals surface area (Å²) in [7, 11) is 3.92. The number of amides is 1. The van der Waals surface area contributed by atoms with Gasteiger partial charge in [-0.1, -0.05) is 32.1 Å². The standard InChI is InChI=1S/C19H31N5O/c1-22(2)17-9-10-18(21-20-17)23-12-14-24(15-13-23)19(25)11-8-16-6-4-3-5-7-16/h9-10,16H,3-8,11-15H2,1-2H3. The van der Waals surface area contributed by atoms with Crippen LogP contribution in [0.4, 0.5) is 11.6 Å². The number of carbonyl (C=O) groups excluding carboxylic acids is 1. The first kappa shape index (κ1) is 18.0. The van der Waals surface area contributed by atoms with Gasteiger partial charge in [0.05, 0.1) is 0 Å². The molecule has 0 spiro atoms. The van der Waals surface area contributed by atoms with Crippen LogP contribution in [0.2, 0.25) is 0 Å². The Morgan fingerprint density at radius 1 is 1.08 bits per heavy atom. The van der Waals surface area contributed by atoms with E-state index in [1.807, 2.05) is 36.0 Å². The zero-order chi connectivity index (χ0) is 17.6. The van der Waals surface area contributed by atoms with Gasteiger partial charge in [-0.25, -0.2) is 0 Å². The van der Waals surface area contributed by atoms with Crippen molar-refractivity contribution in [1.82, 2.24) is 15.1 Å². The molecule has 1 aromatic heterocycles. The van der Waals surface area contributed by atoms with Crippen molar-refractivity contribution in [2.24, 2.45) is 5.92 Å². The fraction of sp³-hybridized carbons (Fsp3) is 0.737. The average Bonchev–Trinajstić information content (AvgIpc) is 2.67. The van der Waals surface area contributed by atoms with Gasteiger partial charge in [0.2, 0.25) is 5.91 Å². The van der Waals surface area contributed by atoms with Crippen molar-refractivity contribution < 1.29 is 4.79 Å². The number of anilines is 2. The van der Waals surface area contributed by atoms with E-state index in [1.54, 1.807) is 0 Å². The van der Waals surface area contributed by atoms with Crippen LogP contribution in [0.5, 0.6) is 0 Å². The van der Waals surface area contributed by atoms with E-state index in [2.05, 4.69) is 15.1 Å². The van der Waals surface area contributed by atoms with Crippen LogP contribution in [0.1, 0.15) is 44.9 Å². The molecule has 0 atom stereocenters. The number of hydrogen-bond donors (Lipinski definition) is 0. The summed E-state index contributed by atoms with van der Waals surface area (Å²) < 4.78 is 0. The maximum atomic E-state index is 12.5. The van der Waals surface area contributed by atoms with E-state index in [9.17, 15) is 4.79 Å². The Labute approximate surface area is 151 Å². The summed E-state index contributed by atoms with van der Waals surface area (Å²) in [5, 5.41) is 8.56. The van der Waals surface area contributed by atoms with E-state index in [-0.39, 0.29) is 0 Å². The summed E-state index contributed by atoms with van der Waals surface area (Å²) in [5.74, 6) is 2.88. The van der Waals surface area contributed by atoms with Gasteiger partial charge < -0.3 is 14.7 Å². The van der Waals surface area contributed by atoms with E-state index in [0.717, 1.165) is 56.6 Å². The number of hydrogen-bond acceptors (Lipinski definition) is 5. The minimum atomic E-state index is 0.333. The molecule has 0 unspecified atom stereocenters. The Morgan fingerprint density at radius 2 is 1.80 bits per heavy atom. The minimum absolute atomic E-state index is 0.333.